The van der Waals surface area contributed by atoms with E-state index >= 15 is 0 Å². The highest BCUT2D eigenvalue weighted by Crippen LogP contribution is 2.22. The largest absolute Gasteiger partial charge is 0.351 e. The summed E-state index contributed by atoms with van der Waals surface area (Å²) in [6.07, 6.45) is 3.11. The maximum absolute atomic E-state index is 13.2. The van der Waals surface area contributed by atoms with Crippen LogP contribution in [0.15, 0.2) is 54.6 Å². The third-order valence-electron chi connectivity index (χ3n) is 6.41. The van der Waals surface area contributed by atoms with Gasteiger partial charge in [-0.25, -0.2) is 13.1 Å². The Morgan fingerprint density at radius 1 is 1.14 bits per heavy atom. The summed E-state index contributed by atoms with van der Waals surface area (Å²) in [5.74, 6) is -0.211. The number of likely N-dealkylation sites (tertiary alicyclic amines) is 1. The summed E-state index contributed by atoms with van der Waals surface area (Å²) < 4.78 is 24.5. The second-order valence-corrected chi connectivity index (χ2v) is 11.0. The number of carbonyl (C=O) groups is 2. The highest BCUT2D eigenvalue weighted by atomic mass is 32.2. The predicted molar refractivity (Wildman–Crippen MR) is 137 cm³/mol. The van der Waals surface area contributed by atoms with E-state index in [0.717, 1.165) is 55.2 Å². The Morgan fingerprint density at radius 2 is 1.89 bits per heavy atom. The number of para-hydroxylation sites is 1. The van der Waals surface area contributed by atoms with Gasteiger partial charge in [-0.1, -0.05) is 30.3 Å². The number of benzene rings is 2. The van der Waals surface area contributed by atoms with E-state index in [4.69, 9.17) is 0 Å². The van der Waals surface area contributed by atoms with Crippen molar-refractivity contribution in [2.75, 3.05) is 32.4 Å². The number of piperidine rings is 1. The lowest BCUT2D eigenvalue weighted by Gasteiger charge is -2.35. The van der Waals surface area contributed by atoms with E-state index in [-0.39, 0.29) is 5.91 Å². The van der Waals surface area contributed by atoms with Crippen LogP contribution in [0.1, 0.15) is 46.2 Å². The van der Waals surface area contributed by atoms with Crippen molar-refractivity contribution in [1.29, 1.82) is 0 Å². The lowest BCUT2D eigenvalue weighted by Crippen LogP contribution is -2.42. The highest BCUT2D eigenvalue weighted by Gasteiger charge is 2.25. The van der Waals surface area contributed by atoms with Crippen LogP contribution in [0.2, 0.25) is 0 Å². The van der Waals surface area contributed by atoms with E-state index in [1.165, 1.54) is 0 Å². The van der Waals surface area contributed by atoms with Gasteiger partial charge in [0.1, 0.15) is 5.69 Å². The van der Waals surface area contributed by atoms with Crippen LogP contribution >= 0.6 is 0 Å². The monoisotopic (exact) mass is 496 g/mol. The molecular formula is C26H32N4O4S. The van der Waals surface area contributed by atoms with Gasteiger partial charge in [-0.3, -0.25) is 14.5 Å². The smallest absolute Gasteiger partial charge is 0.270 e. The van der Waals surface area contributed by atoms with Crippen molar-refractivity contribution in [3.63, 3.8) is 0 Å². The third-order valence-corrected chi connectivity index (χ3v) is 6.97. The van der Waals surface area contributed by atoms with Gasteiger partial charge < -0.3 is 9.88 Å². The number of hydrogen-bond acceptors (Lipinski definition) is 5. The Morgan fingerprint density at radius 3 is 2.57 bits per heavy atom. The maximum Gasteiger partial charge on any atom is 0.270 e. The van der Waals surface area contributed by atoms with Crippen LogP contribution in [-0.4, -0.2) is 67.5 Å². The average Bonchev–Trinajstić information content (AvgIpc) is 3.26. The zero-order valence-electron chi connectivity index (χ0n) is 20.2. The van der Waals surface area contributed by atoms with Gasteiger partial charge in [0, 0.05) is 42.6 Å². The summed E-state index contributed by atoms with van der Waals surface area (Å²) in [7, 11) is -3.59. The van der Waals surface area contributed by atoms with Gasteiger partial charge in [-0.15, -0.1) is 0 Å². The molecule has 1 aliphatic heterocycles. The number of aromatic nitrogens is 1. The van der Waals surface area contributed by atoms with Gasteiger partial charge in [0.2, 0.25) is 10.0 Å². The second kappa shape index (κ2) is 10.6. The van der Waals surface area contributed by atoms with Crippen molar-refractivity contribution in [3.05, 3.63) is 71.4 Å². The first kappa shape index (κ1) is 24.9. The van der Waals surface area contributed by atoms with E-state index in [0.29, 0.717) is 30.3 Å². The molecule has 1 fully saturated rings. The quantitative estimate of drug-likeness (QED) is 0.499. The number of nitrogens with zero attached hydrogens (tertiary/aromatic N) is 2. The van der Waals surface area contributed by atoms with Gasteiger partial charge >= 0.3 is 0 Å². The highest BCUT2D eigenvalue weighted by molar-refractivity contribution is 7.89. The number of rotatable bonds is 8. The fourth-order valence-electron chi connectivity index (χ4n) is 4.72. The van der Waals surface area contributed by atoms with Gasteiger partial charge in [-0.2, -0.15) is 0 Å². The SMILES string of the molecule is CCN(CC1CCCN(Cc2ccc(C(=O)NS(C)(=O)=O)cc2)C1)C(=O)c1cc2ccccc2[nH]1. The molecule has 0 saturated carbocycles. The summed E-state index contributed by atoms with van der Waals surface area (Å²) in [5.41, 5.74) is 2.96. The average molecular weight is 497 g/mol. The van der Waals surface area contributed by atoms with E-state index in [9.17, 15) is 18.0 Å². The van der Waals surface area contributed by atoms with Crippen molar-refractivity contribution in [1.82, 2.24) is 19.5 Å². The Balaban J connectivity index is 1.35. The molecule has 1 atom stereocenters. The number of hydrogen-bond donors (Lipinski definition) is 2. The van der Waals surface area contributed by atoms with Crippen LogP contribution in [-0.2, 0) is 16.6 Å². The van der Waals surface area contributed by atoms with Crippen LogP contribution < -0.4 is 4.72 Å². The van der Waals surface area contributed by atoms with Crippen LogP contribution in [0.25, 0.3) is 10.9 Å². The lowest BCUT2D eigenvalue weighted by atomic mass is 9.96. The molecule has 1 unspecified atom stereocenters. The van der Waals surface area contributed by atoms with Crippen LogP contribution in [0, 0.1) is 5.92 Å². The number of nitrogens with one attached hydrogen (secondary N) is 2. The standard InChI is InChI=1S/C26H32N4O4S/c1-3-30(26(32)24-15-22-8-4-5-9-23(22)27-24)18-20-7-6-14-29(17-20)16-19-10-12-21(13-11-19)25(31)28-35(2,33)34/h4-5,8-13,15,20,27H,3,6-7,14,16-18H2,1-2H3,(H,28,31). The van der Waals surface area contributed by atoms with Crippen LogP contribution in [0.5, 0.6) is 0 Å². The number of aromatic amines is 1. The molecule has 2 amide bonds. The molecule has 8 nitrogen and oxygen atoms in total. The molecule has 1 saturated heterocycles. The molecule has 186 valence electrons. The van der Waals surface area contributed by atoms with Crippen molar-refractivity contribution in [2.45, 2.75) is 26.3 Å². The van der Waals surface area contributed by atoms with E-state index in [1.54, 1.807) is 12.1 Å². The molecule has 4 rings (SSSR count). The molecule has 0 bridgehead atoms. The fraction of sp³-hybridized carbons (Fsp3) is 0.385. The molecule has 9 heteroatoms. The molecule has 1 aromatic heterocycles. The third kappa shape index (κ3) is 6.49. The van der Waals surface area contributed by atoms with E-state index < -0.39 is 15.9 Å². The van der Waals surface area contributed by atoms with Crippen molar-refractivity contribution in [2.24, 2.45) is 5.92 Å². The minimum Gasteiger partial charge on any atom is -0.351 e. The van der Waals surface area contributed by atoms with Crippen molar-refractivity contribution < 1.29 is 18.0 Å². The second-order valence-electron chi connectivity index (χ2n) is 9.26. The summed E-state index contributed by atoms with van der Waals surface area (Å²) in [6.45, 7) is 6.00. The molecule has 2 N–H and O–H groups in total. The number of carbonyl (C=O) groups excluding carboxylic acids is 2. The molecule has 2 aromatic carbocycles. The number of sulfonamides is 1. The van der Waals surface area contributed by atoms with E-state index in [1.807, 2.05) is 59.0 Å². The minimum absolute atomic E-state index is 0.0313. The van der Waals surface area contributed by atoms with Crippen molar-refractivity contribution in [3.8, 4) is 0 Å². The Kier molecular flexibility index (Phi) is 7.57. The normalized spacial score (nSPS) is 16.8. The number of fused-ring (bicyclic) bond motifs is 1. The molecule has 0 aliphatic carbocycles. The van der Waals surface area contributed by atoms with E-state index in [2.05, 4.69) is 9.88 Å². The molecule has 3 aromatic rings. The van der Waals surface area contributed by atoms with Crippen LogP contribution in [0.3, 0.4) is 0 Å². The zero-order valence-corrected chi connectivity index (χ0v) is 21.0. The molecule has 35 heavy (non-hydrogen) atoms. The number of amides is 2. The summed E-state index contributed by atoms with van der Waals surface area (Å²) in [6, 6.07) is 16.8. The lowest BCUT2D eigenvalue weighted by molar-refractivity contribution is 0.0680. The first-order chi connectivity index (χ1) is 16.7. The summed E-state index contributed by atoms with van der Waals surface area (Å²) in [5, 5.41) is 1.04. The van der Waals surface area contributed by atoms with Crippen LogP contribution in [0.4, 0.5) is 0 Å². The predicted octanol–water partition coefficient (Wildman–Crippen LogP) is 3.23. The molecule has 1 aliphatic rings. The topological polar surface area (TPSA) is 103 Å². The van der Waals surface area contributed by atoms with Gasteiger partial charge in [-0.05, 0) is 62.1 Å². The Hall–Kier alpha value is -3.17. The minimum atomic E-state index is -3.59. The summed E-state index contributed by atoms with van der Waals surface area (Å²) >= 11 is 0. The van der Waals surface area contributed by atoms with Gasteiger partial charge in [0.05, 0.1) is 6.26 Å². The molecular weight excluding hydrogens is 464 g/mol. The fourth-order valence-corrected chi connectivity index (χ4v) is 5.17. The summed E-state index contributed by atoms with van der Waals surface area (Å²) in [4.78, 5) is 32.7. The first-order valence-electron chi connectivity index (χ1n) is 11.9. The first-order valence-corrected chi connectivity index (χ1v) is 13.8. The Bertz CT molecular complexity index is 1270. The number of H-pyrrole nitrogens is 1. The molecule has 0 spiro atoms. The molecule has 0 radical (unpaired) electrons. The maximum atomic E-state index is 13.2. The zero-order chi connectivity index (χ0) is 25.0. The molecule has 2 heterocycles. The Labute approximate surface area is 206 Å². The van der Waals surface area contributed by atoms with Gasteiger partial charge in [0.25, 0.3) is 11.8 Å². The van der Waals surface area contributed by atoms with Crippen molar-refractivity contribution >= 4 is 32.7 Å². The van der Waals surface area contributed by atoms with Gasteiger partial charge in [0.15, 0.2) is 0 Å².